The second kappa shape index (κ2) is 11.5. The number of nitrogens with two attached hydrogens (primary N) is 1. The maximum absolute atomic E-state index is 11.8. The second-order valence-electron chi connectivity index (χ2n) is 9.63. The summed E-state index contributed by atoms with van der Waals surface area (Å²) in [6, 6.07) is 22.4. The van der Waals surface area contributed by atoms with Crippen molar-refractivity contribution in [1.29, 1.82) is 0 Å². The van der Waals surface area contributed by atoms with Crippen molar-refractivity contribution in [1.82, 2.24) is 0 Å². The smallest absolute Gasteiger partial charge is 0.247 e. The van der Waals surface area contributed by atoms with Crippen LogP contribution < -0.4 is 26.0 Å². The lowest BCUT2D eigenvalue weighted by molar-refractivity contribution is -0.111. The third kappa shape index (κ3) is 5.96. The number of methoxy groups -OCH3 is 1. The van der Waals surface area contributed by atoms with E-state index in [2.05, 4.69) is 72.4 Å². The molecule has 0 unspecified atom stereocenters. The van der Waals surface area contributed by atoms with Crippen molar-refractivity contribution in [2.45, 2.75) is 25.4 Å². The number of anilines is 4. The van der Waals surface area contributed by atoms with Gasteiger partial charge in [0.2, 0.25) is 5.91 Å². The summed E-state index contributed by atoms with van der Waals surface area (Å²) < 4.78 is 11.5. The van der Waals surface area contributed by atoms with Gasteiger partial charge >= 0.3 is 0 Å². The monoisotopic (exact) mass is 500 g/mol. The van der Waals surface area contributed by atoms with E-state index in [1.54, 1.807) is 7.11 Å². The van der Waals surface area contributed by atoms with Crippen molar-refractivity contribution in [3.05, 3.63) is 90.5 Å². The van der Waals surface area contributed by atoms with Gasteiger partial charge in [0, 0.05) is 48.2 Å². The molecule has 0 spiro atoms. The Morgan fingerprint density at radius 2 is 1.97 bits per heavy atom. The molecule has 4 rings (SSSR count). The summed E-state index contributed by atoms with van der Waals surface area (Å²) in [4.78, 5) is 14.1. The Balaban J connectivity index is 1.62. The predicted octanol–water partition coefficient (Wildman–Crippen LogP) is 5.05. The molecule has 1 aliphatic heterocycles. The van der Waals surface area contributed by atoms with E-state index >= 15 is 0 Å². The Morgan fingerprint density at radius 1 is 1.16 bits per heavy atom. The molecule has 3 aromatic carbocycles. The molecule has 37 heavy (non-hydrogen) atoms. The lowest BCUT2D eigenvalue weighted by Crippen LogP contribution is -2.45. The number of carbonyl (C=O) groups is 1. The lowest BCUT2D eigenvalue weighted by Gasteiger charge is -2.34. The van der Waals surface area contributed by atoms with E-state index in [9.17, 15) is 4.79 Å². The Bertz CT molecular complexity index is 1260. The number of hydrogen-bond acceptors (Lipinski definition) is 6. The summed E-state index contributed by atoms with van der Waals surface area (Å²) >= 11 is 0. The van der Waals surface area contributed by atoms with Crippen LogP contribution in [0.4, 0.5) is 22.7 Å². The van der Waals surface area contributed by atoms with Gasteiger partial charge in [-0.1, -0.05) is 50.8 Å². The van der Waals surface area contributed by atoms with Gasteiger partial charge in [0.15, 0.2) is 0 Å². The molecule has 1 heterocycles. The zero-order valence-corrected chi connectivity index (χ0v) is 21.8. The van der Waals surface area contributed by atoms with E-state index in [1.165, 1.54) is 6.08 Å². The Labute approximate surface area is 219 Å². The van der Waals surface area contributed by atoms with Crippen molar-refractivity contribution < 1.29 is 14.3 Å². The van der Waals surface area contributed by atoms with E-state index in [1.807, 2.05) is 30.3 Å². The van der Waals surface area contributed by atoms with Gasteiger partial charge in [-0.25, -0.2) is 0 Å². The number of carbonyl (C=O) groups excluding carboxylic acids is 1. The molecule has 1 fully saturated rings. The van der Waals surface area contributed by atoms with E-state index in [0.717, 1.165) is 52.7 Å². The van der Waals surface area contributed by atoms with Crippen molar-refractivity contribution in [3.63, 3.8) is 0 Å². The molecular weight excluding hydrogens is 464 g/mol. The van der Waals surface area contributed by atoms with Crippen LogP contribution in [-0.2, 0) is 14.9 Å². The minimum atomic E-state index is -0.350. The number of rotatable bonds is 9. The summed E-state index contributed by atoms with van der Waals surface area (Å²) in [5.74, 6) is 0.526. The molecule has 194 valence electrons. The molecule has 7 heteroatoms. The van der Waals surface area contributed by atoms with Crippen LogP contribution >= 0.6 is 0 Å². The first-order valence-electron chi connectivity index (χ1n) is 12.5. The molecule has 0 aliphatic carbocycles. The maximum atomic E-state index is 11.8. The number of benzene rings is 3. The van der Waals surface area contributed by atoms with Crippen molar-refractivity contribution in [2.24, 2.45) is 5.73 Å². The van der Waals surface area contributed by atoms with Gasteiger partial charge in [-0.15, -0.1) is 0 Å². The van der Waals surface area contributed by atoms with Crippen LogP contribution in [-0.4, -0.2) is 45.4 Å². The minimum Gasteiger partial charge on any atom is -0.494 e. The van der Waals surface area contributed by atoms with Gasteiger partial charge in [0.1, 0.15) is 5.75 Å². The molecule has 0 aromatic heterocycles. The molecule has 3 aromatic rings. The number of nitrogens with zero attached hydrogens (tertiary/aromatic N) is 1. The molecule has 0 saturated carbocycles. The summed E-state index contributed by atoms with van der Waals surface area (Å²) in [6.45, 7) is 10.6. The molecule has 1 aliphatic rings. The Kier molecular flexibility index (Phi) is 8.16. The first kappa shape index (κ1) is 26.3. The Morgan fingerprint density at radius 3 is 2.73 bits per heavy atom. The van der Waals surface area contributed by atoms with Crippen LogP contribution in [0, 0.1) is 0 Å². The predicted molar refractivity (Wildman–Crippen MR) is 151 cm³/mol. The average molecular weight is 501 g/mol. The van der Waals surface area contributed by atoms with E-state index in [-0.39, 0.29) is 17.4 Å². The molecule has 1 amide bonds. The van der Waals surface area contributed by atoms with Crippen LogP contribution in [0.25, 0.3) is 0 Å². The molecule has 1 atom stereocenters. The highest BCUT2D eigenvalue weighted by Crippen LogP contribution is 2.40. The Hall–Kier alpha value is -3.81. The van der Waals surface area contributed by atoms with E-state index in [0.29, 0.717) is 13.2 Å². The first-order valence-corrected chi connectivity index (χ1v) is 12.5. The zero-order valence-electron chi connectivity index (χ0n) is 21.8. The second-order valence-corrected chi connectivity index (χ2v) is 9.63. The lowest BCUT2D eigenvalue weighted by atomic mass is 9.77. The highest BCUT2D eigenvalue weighted by Gasteiger charge is 2.27. The van der Waals surface area contributed by atoms with Gasteiger partial charge in [0.25, 0.3) is 0 Å². The molecule has 4 N–H and O–H groups in total. The standard InChI is InChI=1S/C30H36N4O3/c1-5-29(35)32-22-10-8-9-21(17-22)30(2,3)25-11-6-7-12-26(25)33-27-14-13-23(18-28(27)36-4)34-15-16-37-24(19-31)20-34/h5-14,17-18,24,33H,1,15-16,19-20,31H2,2-4H3,(H,32,35)/t24-/m1/s1. The molecule has 1 saturated heterocycles. The highest BCUT2D eigenvalue weighted by atomic mass is 16.5. The summed E-state index contributed by atoms with van der Waals surface area (Å²) in [6.07, 6.45) is 1.31. The van der Waals surface area contributed by atoms with Gasteiger partial charge in [-0.3, -0.25) is 4.79 Å². The largest absolute Gasteiger partial charge is 0.494 e. The van der Waals surface area contributed by atoms with Crippen LogP contribution in [0.1, 0.15) is 25.0 Å². The molecule has 0 radical (unpaired) electrons. The van der Waals surface area contributed by atoms with Crippen molar-refractivity contribution in [3.8, 4) is 5.75 Å². The zero-order chi connectivity index (χ0) is 26.4. The summed E-state index contributed by atoms with van der Waals surface area (Å²) in [7, 11) is 1.69. The SMILES string of the molecule is C=CC(=O)Nc1cccc(C(C)(C)c2ccccc2Nc2ccc(N3CCO[C@H](CN)C3)cc2OC)c1. The van der Waals surface area contributed by atoms with Gasteiger partial charge < -0.3 is 30.7 Å². The van der Waals surface area contributed by atoms with Gasteiger partial charge in [-0.05, 0) is 47.5 Å². The number of morpholine rings is 1. The highest BCUT2D eigenvalue weighted by molar-refractivity contribution is 5.98. The average Bonchev–Trinajstić information content (AvgIpc) is 2.93. The number of amides is 1. The fourth-order valence-electron chi connectivity index (χ4n) is 4.69. The van der Waals surface area contributed by atoms with Gasteiger partial charge in [0.05, 0.1) is 25.5 Å². The topological polar surface area (TPSA) is 88.9 Å². The minimum absolute atomic E-state index is 0.0373. The van der Waals surface area contributed by atoms with E-state index in [4.69, 9.17) is 15.2 Å². The molecule has 7 nitrogen and oxygen atoms in total. The number of hydrogen-bond donors (Lipinski definition) is 3. The number of ether oxygens (including phenoxy) is 2. The summed E-state index contributed by atoms with van der Waals surface area (Å²) in [5, 5.41) is 6.46. The van der Waals surface area contributed by atoms with Crippen molar-refractivity contribution >= 4 is 28.7 Å². The van der Waals surface area contributed by atoms with Crippen molar-refractivity contribution in [2.75, 3.05) is 48.9 Å². The molecule has 0 bridgehead atoms. The normalized spacial score (nSPS) is 15.7. The first-order chi connectivity index (χ1) is 17.8. The fourth-order valence-corrected chi connectivity index (χ4v) is 4.69. The summed E-state index contributed by atoms with van der Waals surface area (Å²) in [5.41, 5.74) is 11.3. The van der Waals surface area contributed by atoms with Crippen LogP contribution in [0.3, 0.4) is 0 Å². The third-order valence-corrected chi connectivity index (χ3v) is 6.86. The fraction of sp³-hybridized carbons (Fsp3) is 0.300. The molecular formula is C30H36N4O3. The quantitative estimate of drug-likeness (QED) is 0.356. The number of para-hydroxylation sites is 1. The van der Waals surface area contributed by atoms with E-state index < -0.39 is 0 Å². The van der Waals surface area contributed by atoms with Crippen LogP contribution in [0.5, 0.6) is 5.75 Å². The van der Waals surface area contributed by atoms with Crippen LogP contribution in [0.15, 0.2) is 79.4 Å². The van der Waals surface area contributed by atoms with Gasteiger partial charge in [-0.2, -0.15) is 0 Å². The number of nitrogens with one attached hydrogen (secondary N) is 2. The van der Waals surface area contributed by atoms with Crippen LogP contribution in [0.2, 0.25) is 0 Å². The third-order valence-electron chi connectivity index (χ3n) is 6.86. The maximum Gasteiger partial charge on any atom is 0.247 e.